The molecule has 0 heterocycles. The van der Waals surface area contributed by atoms with Crippen molar-refractivity contribution >= 4 is 17.7 Å². The van der Waals surface area contributed by atoms with E-state index in [0.717, 1.165) is 23.5 Å². The molecule has 2 aliphatic carbocycles. The van der Waals surface area contributed by atoms with Gasteiger partial charge in [0.1, 0.15) is 5.94 Å². The van der Waals surface area contributed by atoms with E-state index in [0.29, 0.717) is 5.94 Å². The maximum absolute atomic E-state index is 10.5. The molecule has 2 bridgehead atoms. The van der Waals surface area contributed by atoms with Crippen LogP contribution in [-0.4, -0.2) is 17.7 Å². The first-order chi connectivity index (χ1) is 6.75. The smallest absolute Gasteiger partial charge is 0.303 e. The van der Waals surface area contributed by atoms with Crippen LogP contribution in [0.4, 0.5) is 0 Å². The molecular formula is C11H16O2S. The molecule has 2 nitrogen and oxygen atoms in total. The van der Waals surface area contributed by atoms with Crippen molar-refractivity contribution in [2.75, 3.05) is 11.7 Å². The third-order valence-corrected chi connectivity index (χ3v) is 4.04. The third kappa shape index (κ3) is 2.32. The summed E-state index contributed by atoms with van der Waals surface area (Å²) in [6, 6.07) is 0. The summed E-state index contributed by atoms with van der Waals surface area (Å²) in [6.45, 7) is 1.46. The predicted octanol–water partition coefficient (Wildman–Crippen LogP) is 2.45. The second-order valence-electron chi connectivity index (χ2n) is 4.16. The highest BCUT2D eigenvalue weighted by Gasteiger charge is 2.35. The SMILES string of the molecule is CC(=O)OCSCC1CC2C=CC1C2. The average Bonchev–Trinajstić information content (AvgIpc) is 2.73. The molecule has 14 heavy (non-hydrogen) atoms. The summed E-state index contributed by atoms with van der Waals surface area (Å²) in [5, 5.41) is 0. The Morgan fingerprint density at radius 1 is 1.50 bits per heavy atom. The van der Waals surface area contributed by atoms with Crippen molar-refractivity contribution in [2.24, 2.45) is 17.8 Å². The highest BCUT2D eigenvalue weighted by atomic mass is 32.2. The summed E-state index contributed by atoms with van der Waals surface area (Å²) in [5.74, 6) is 3.96. The lowest BCUT2D eigenvalue weighted by Crippen LogP contribution is -2.10. The number of hydrogen-bond donors (Lipinski definition) is 0. The molecule has 0 N–H and O–H groups in total. The van der Waals surface area contributed by atoms with Crippen LogP contribution in [0.3, 0.4) is 0 Å². The lowest BCUT2D eigenvalue weighted by atomic mass is 9.96. The summed E-state index contributed by atoms with van der Waals surface area (Å²) >= 11 is 1.74. The fraction of sp³-hybridized carbons (Fsp3) is 0.727. The molecule has 0 aromatic carbocycles. The average molecular weight is 212 g/mol. The second kappa shape index (κ2) is 4.39. The van der Waals surface area contributed by atoms with Gasteiger partial charge in [-0.05, 0) is 36.3 Å². The predicted molar refractivity (Wildman–Crippen MR) is 57.9 cm³/mol. The van der Waals surface area contributed by atoms with E-state index in [-0.39, 0.29) is 5.97 Å². The molecule has 0 spiro atoms. The molecule has 3 unspecified atom stereocenters. The minimum absolute atomic E-state index is 0.176. The van der Waals surface area contributed by atoms with Gasteiger partial charge in [-0.2, -0.15) is 0 Å². The normalized spacial score (nSPS) is 33.6. The van der Waals surface area contributed by atoms with Crippen LogP contribution in [0.5, 0.6) is 0 Å². The number of esters is 1. The van der Waals surface area contributed by atoms with Crippen LogP contribution in [0, 0.1) is 17.8 Å². The number of rotatable bonds is 4. The monoisotopic (exact) mass is 212 g/mol. The quantitative estimate of drug-likeness (QED) is 0.310. The second-order valence-corrected chi connectivity index (χ2v) is 5.14. The van der Waals surface area contributed by atoms with Gasteiger partial charge in [0.2, 0.25) is 0 Å². The molecule has 3 heteroatoms. The standard InChI is InChI=1S/C11H16O2S/c1-8(12)13-7-14-6-11-5-9-2-3-10(11)4-9/h2-3,9-11H,4-7H2,1H3. The van der Waals surface area contributed by atoms with Crippen LogP contribution in [0.1, 0.15) is 19.8 Å². The highest BCUT2D eigenvalue weighted by molar-refractivity contribution is 7.99. The summed E-state index contributed by atoms with van der Waals surface area (Å²) in [4.78, 5) is 10.5. The topological polar surface area (TPSA) is 26.3 Å². The molecular weight excluding hydrogens is 196 g/mol. The largest absolute Gasteiger partial charge is 0.455 e. The van der Waals surface area contributed by atoms with Gasteiger partial charge in [0.05, 0.1) is 0 Å². The lowest BCUT2D eigenvalue weighted by Gasteiger charge is -2.16. The van der Waals surface area contributed by atoms with E-state index in [1.54, 1.807) is 11.8 Å². The van der Waals surface area contributed by atoms with Gasteiger partial charge in [-0.1, -0.05) is 12.2 Å². The summed E-state index contributed by atoms with van der Waals surface area (Å²) in [7, 11) is 0. The van der Waals surface area contributed by atoms with Gasteiger partial charge in [0.25, 0.3) is 0 Å². The van der Waals surface area contributed by atoms with E-state index in [2.05, 4.69) is 12.2 Å². The maximum Gasteiger partial charge on any atom is 0.303 e. The number of fused-ring (bicyclic) bond motifs is 2. The molecule has 1 saturated carbocycles. The Morgan fingerprint density at radius 3 is 2.93 bits per heavy atom. The van der Waals surface area contributed by atoms with Crippen molar-refractivity contribution in [2.45, 2.75) is 19.8 Å². The number of carbonyl (C=O) groups is 1. The van der Waals surface area contributed by atoms with E-state index in [4.69, 9.17) is 4.74 Å². The van der Waals surface area contributed by atoms with Crippen molar-refractivity contribution in [1.29, 1.82) is 0 Å². The number of allylic oxidation sites excluding steroid dienone is 2. The van der Waals surface area contributed by atoms with Crippen LogP contribution < -0.4 is 0 Å². The molecule has 0 aromatic rings. The number of carbonyl (C=O) groups excluding carboxylic acids is 1. The Bertz CT molecular complexity index is 250. The lowest BCUT2D eigenvalue weighted by molar-refractivity contribution is -0.138. The highest BCUT2D eigenvalue weighted by Crippen LogP contribution is 2.44. The summed E-state index contributed by atoms with van der Waals surface area (Å²) < 4.78 is 4.89. The van der Waals surface area contributed by atoms with Crippen LogP contribution in [0.2, 0.25) is 0 Å². The first kappa shape index (κ1) is 10.1. The van der Waals surface area contributed by atoms with Gasteiger partial charge in [-0.3, -0.25) is 4.79 Å². The van der Waals surface area contributed by atoms with Crippen molar-refractivity contribution in [3.05, 3.63) is 12.2 Å². The fourth-order valence-corrected chi connectivity index (χ4v) is 3.44. The molecule has 0 radical (unpaired) electrons. The Balaban J connectivity index is 1.63. The molecule has 0 aliphatic heterocycles. The Morgan fingerprint density at radius 2 is 2.36 bits per heavy atom. The Hall–Kier alpha value is -0.440. The van der Waals surface area contributed by atoms with Crippen molar-refractivity contribution in [3.63, 3.8) is 0 Å². The minimum Gasteiger partial charge on any atom is -0.455 e. The molecule has 0 aromatic heterocycles. The van der Waals surface area contributed by atoms with Crippen molar-refractivity contribution in [1.82, 2.24) is 0 Å². The summed E-state index contributed by atoms with van der Waals surface area (Å²) in [6.07, 6.45) is 7.43. The minimum atomic E-state index is -0.176. The van der Waals surface area contributed by atoms with Crippen molar-refractivity contribution in [3.8, 4) is 0 Å². The van der Waals surface area contributed by atoms with Crippen molar-refractivity contribution < 1.29 is 9.53 Å². The van der Waals surface area contributed by atoms with E-state index in [9.17, 15) is 4.79 Å². The zero-order valence-electron chi connectivity index (χ0n) is 8.44. The Kier molecular flexibility index (Phi) is 3.16. The van der Waals surface area contributed by atoms with E-state index >= 15 is 0 Å². The number of hydrogen-bond acceptors (Lipinski definition) is 3. The molecule has 2 rings (SSSR count). The molecule has 0 saturated heterocycles. The number of ether oxygens (including phenoxy) is 1. The molecule has 1 fully saturated rings. The Labute approximate surface area is 89.1 Å². The third-order valence-electron chi connectivity index (χ3n) is 3.09. The van der Waals surface area contributed by atoms with Crippen LogP contribution >= 0.6 is 11.8 Å². The van der Waals surface area contributed by atoms with Gasteiger partial charge >= 0.3 is 5.97 Å². The molecule has 0 amide bonds. The first-order valence-electron chi connectivity index (χ1n) is 5.15. The molecule has 78 valence electrons. The first-order valence-corrected chi connectivity index (χ1v) is 6.30. The van der Waals surface area contributed by atoms with Gasteiger partial charge < -0.3 is 4.74 Å². The maximum atomic E-state index is 10.5. The summed E-state index contributed by atoms with van der Waals surface area (Å²) in [5.41, 5.74) is 0. The molecule has 2 aliphatic rings. The zero-order valence-corrected chi connectivity index (χ0v) is 9.26. The van der Waals surface area contributed by atoms with E-state index in [1.165, 1.54) is 19.8 Å². The van der Waals surface area contributed by atoms with E-state index in [1.807, 2.05) is 0 Å². The van der Waals surface area contributed by atoms with Gasteiger partial charge in [0, 0.05) is 6.92 Å². The zero-order chi connectivity index (χ0) is 9.97. The fourth-order valence-electron chi connectivity index (χ4n) is 2.41. The van der Waals surface area contributed by atoms with Gasteiger partial charge in [0.15, 0.2) is 0 Å². The van der Waals surface area contributed by atoms with Crippen LogP contribution in [-0.2, 0) is 9.53 Å². The molecule has 3 atom stereocenters. The van der Waals surface area contributed by atoms with Gasteiger partial charge in [-0.25, -0.2) is 0 Å². The van der Waals surface area contributed by atoms with Gasteiger partial charge in [-0.15, -0.1) is 11.8 Å². The van der Waals surface area contributed by atoms with E-state index < -0.39 is 0 Å². The van der Waals surface area contributed by atoms with Crippen LogP contribution in [0.25, 0.3) is 0 Å². The number of thioether (sulfide) groups is 1. The van der Waals surface area contributed by atoms with Crippen LogP contribution in [0.15, 0.2) is 12.2 Å².